The molecule has 1 heterocycles. The van der Waals surface area contributed by atoms with Gasteiger partial charge in [0, 0.05) is 24.5 Å². The third kappa shape index (κ3) is 2.39. The van der Waals surface area contributed by atoms with Crippen molar-refractivity contribution in [1.82, 2.24) is 0 Å². The van der Waals surface area contributed by atoms with Crippen molar-refractivity contribution >= 4 is 11.4 Å². The second-order valence-corrected chi connectivity index (χ2v) is 3.19. The van der Waals surface area contributed by atoms with E-state index in [-0.39, 0.29) is 7.43 Å². The van der Waals surface area contributed by atoms with Crippen molar-refractivity contribution < 1.29 is 4.74 Å². The topological polar surface area (TPSA) is 38.5 Å². The predicted octanol–water partition coefficient (Wildman–Crippen LogP) is 1.74. The maximum Gasteiger partial charge on any atom is 0.0642 e. The zero-order chi connectivity index (χ0) is 9.10. The summed E-state index contributed by atoms with van der Waals surface area (Å²) in [6.45, 7) is 3.60. The number of nitrogens with zero attached hydrogens (tertiary/aromatic N) is 1. The molecule has 0 unspecified atom stereocenters. The normalized spacial score (nSPS) is 16.1. The Kier molecular flexibility index (Phi) is 3.77. The van der Waals surface area contributed by atoms with Gasteiger partial charge in [-0.1, -0.05) is 7.43 Å². The molecule has 0 aromatic heterocycles. The first-order chi connectivity index (χ1) is 6.36. The molecule has 78 valence electrons. The van der Waals surface area contributed by atoms with E-state index in [0.29, 0.717) is 0 Å². The Hall–Kier alpha value is -1.22. The van der Waals surface area contributed by atoms with E-state index in [0.717, 1.165) is 32.0 Å². The zero-order valence-corrected chi connectivity index (χ0v) is 7.57. The Bertz CT molecular complexity index is 265. The average Bonchev–Trinajstić information content (AvgIpc) is 2.20. The number of anilines is 2. The SMILES string of the molecule is C.Nc1ccc(N2CCOCC2)cc1. The molecule has 14 heavy (non-hydrogen) atoms. The third-order valence-electron chi connectivity index (χ3n) is 2.27. The van der Waals surface area contributed by atoms with Crippen molar-refractivity contribution in [3.8, 4) is 0 Å². The number of hydrogen-bond acceptors (Lipinski definition) is 3. The van der Waals surface area contributed by atoms with Crippen LogP contribution in [0.15, 0.2) is 24.3 Å². The second kappa shape index (κ2) is 4.86. The third-order valence-corrected chi connectivity index (χ3v) is 2.27. The summed E-state index contributed by atoms with van der Waals surface area (Å²) in [7, 11) is 0. The summed E-state index contributed by atoms with van der Waals surface area (Å²) in [5.74, 6) is 0. The first-order valence-corrected chi connectivity index (χ1v) is 4.54. The van der Waals surface area contributed by atoms with Gasteiger partial charge in [-0.25, -0.2) is 0 Å². The van der Waals surface area contributed by atoms with Gasteiger partial charge in [-0.3, -0.25) is 0 Å². The van der Waals surface area contributed by atoms with E-state index in [9.17, 15) is 0 Å². The lowest BCUT2D eigenvalue weighted by Crippen LogP contribution is -2.36. The van der Waals surface area contributed by atoms with Gasteiger partial charge in [0.1, 0.15) is 0 Å². The highest BCUT2D eigenvalue weighted by atomic mass is 16.5. The number of benzene rings is 1. The second-order valence-electron chi connectivity index (χ2n) is 3.19. The fraction of sp³-hybridized carbons (Fsp3) is 0.455. The fourth-order valence-corrected chi connectivity index (χ4v) is 1.51. The van der Waals surface area contributed by atoms with Crippen LogP contribution in [-0.4, -0.2) is 26.3 Å². The smallest absolute Gasteiger partial charge is 0.0642 e. The average molecular weight is 194 g/mol. The summed E-state index contributed by atoms with van der Waals surface area (Å²) >= 11 is 0. The van der Waals surface area contributed by atoms with Gasteiger partial charge in [-0.05, 0) is 24.3 Å². The van der Waals surface area contributed by atoms with Crippen molar-refractivity contribution in [2.24, 2.45) is 0 Å². The molecule has 1 saturated heterocycles. The Labute approximate surface area is 85.5 Å². The Morgan fingerprint density at radius 2 is 1.64 bits per heavy atom. The fourth-order valence-electron chi connectivity index (χ4n) is 1.51. The molecule has 1 aromatic carbocycles. The molecular formula is C11H18N2O. The number of morpholine rings is 1. The van der Waals surface area contributed by atoms with E-state index < -0.39 is 0 Å². The first-order valence-electron chi connectivity index (χ1n) is 4.54. The molecule has 3 heteroatoms. The Morgan fingerprint density at radius 1 is 1.07 bits per heavy atom. The molecule has 0 atom stereocenters. The predicted molar refractivity (Wildman–Crippen MR) is 60.6 cm³/mol. The van der Waals surface area contributed by atoms with Gasteiger partial charge < -0.3 is 15.4 Å². The summed E-state index contributed by atoms with van der Waals surface area (Å²) in [5.41, 5.74) is 7.66. The van der Waals surface area contributed by atoms with Gasteiger partial charge in [0.05, 0.1) is 13.2 Å². The number of nitrogens with two attached hydrogens (primary N) is 1. The van der Waals surface area contributed by atoms with Crippen LogP contribution in [0, 0.1) is 0 Å². The van der Waals surface area contributed by atoms with Crippen molar-refractivity contribution in [2.45, 2.75) is 7.43 Å². The maximum atomic E-state index is 5.61. The van der Waals surface area contributed by atoms with Crippen LogP contribution in [0.5, 0.6) is 0 Å². The highest BCUT2D eigenvalue weighted by Gasteiger charge is 2.09. The van der Waals surface area contributed by atoms with Gasteiger partial charge in [0.2, 0.25) is 0 Å². The lowest BCUT2D eigenvalue weighted by molar-refractivity contribution is 0.122. The molecule has 1 aliphatic rings. The largest absolute Gasteiger partial charge is 0.399 e. The Balaban J connectivity index is 0.000000980. The van der Waals surface area contributed by atoms with Crippen LogP contribution < -0.4 is 10.6 Å². The van der Waals surface area contributed by atoms with E-state index in [4.69, 9.17) is 10.5 Å². The highest BCUT2D eigenvalue weighted by molar-refractivity contribution is 5.53. The molecule has 0 radical (unpaired) electrons. The molecule has 1 aliphatic heterocycles. The summed E-state index contributed by atoms with van der Waals surface area (Å²) in [5, 5.41) is 0. The van der Waals surface area contributed by atoms with Crippen LogP contribution in [0.3, 0.4) is 0 Å². The minimum absolute atomic E-state index is 0. The van der Waals surface area contributed by atoms with Crippen LogP contribution in [0.2, 0.25) is 0 Å². The van der Waals surface area contributed by atoms with Crippen LogP contribution in [0.4, 0.5) is 11.4 Å². The minimum atomic E-state index is 0. The van der Waals surface area contributed by atoms with E-state index >= 15 is 0 Å². The molecular weight excluding hydrogens is 176 g/mol. The van der Waals surface area contributed by atoms with Crippen molar-refractivity contribution in [3.63, 3.8) is 0 Å². The van der Waals surface area contributed by atoms with Crippen LogP contribution >= 0.6 is 0 Å². The molecule has 2 rings (SSSR count). The van der Waals surface area contributed by atoms with E-state index in [1.165, 1.54) is 5.69 Å². The van der Waals surface area contributed by atoms with Crippen molar-refractivity contribution in [1.29, 1.82) is 0 Å². The quantitative estimate of drug-likeness (QED) is 0.692. The van der Waals surface area contributed by atoms with E-state index in [1.807, 2.05) is 12.1 Å². The molecule has 0 aliphatic carbocycles. The van der Waals surface area contributed by atoms with Gasteiger partial charge >= 0.3 is 0 Å². The lowest BCUT2D eigenvalue weighted by atomic mass is 10.2. The minimum Gasteiger partial charge on any atom is -0.399 e. The monoisotopic (exact) mass is 194 g/mol. The standard InChI is InChI=1S/C10H14N2O.CH4/c11-9-1-3-10(4-2-9)12-5-7-13-8-6-12;/h1-4H,5-8,11H2;1H4. The molecule has 3 nitrogen and oxygen atoms in total. The molecule has 1 aromatic rings. The Morgan fingerprint density at radius 3 is 2.21 bits per heavy atom. The van der Waals surface area contributed by atoms with Crippen LogP contribution in [0.1, 0.15) is 7.43 Å². The number of hydrogen-bond donors (Lipinski definition) is 1. The molecule has 1 fully saturated rings. The molecule has 0 spiro atoms. The molecule has 0 amide bonds. The highest BCUT2D eigenvalue weighted by Crippen LogP contribution is 2.16. The van der Waals surface area contributed by atoms with Gasteiger partial charge in [-0.2, -0.15) is 0 Å². The van der Waals surface area contributed by atoms with Crippen molar-refractivity contribution in [3.05, 3.63) is 24.3 Å². The van der Waals surface area contributed by atoms with Gasteiger partial charge in [0.25, 0.3) is 0 Å². The maximum absolute atomic E-state index is 5.61. The summed E-state index contributed by atoms with van der Waals surface area (Å²) < 4.78 is 5.28. The van der Waals surface area contributed by atoms with E-state index in [1.54, 1.807) is 0 Å². The molecule has 0 bridgehead atoms. The van der Waals surface area contributed by atoms with Gasteiger partial charge in [0.15, 0.2) is 0 Å². The summed E-state index contributed by atoms with van der Waals surface area (Å²) in [4.78, 5) is 2.31. The molecule has 2 N–H and O–H groups in total. The van der Waals surface area contributed by atoms with Gasteiger partial charge in [-0.15, -0.1) is 0 Å². The number of rotatable bonds is 1. The van der Waals surface area contributed by atoms with Crippen molar-refractivity contribution in [2.75, 3.05) is 36.9 Å². The van der Waals surface area contributed by atoms with E-state index in [2.05, 4.69) is 17.0 Å². The lowest BCUT2D eigenvalue weighted by Gasteiger charge is -2.28. The number of ether oxygens (including phenoxy) is 1. The number of nitrogen functional groups attached to an aromatic ring is 1. The summed E-state index contributed by atoms with van der Waals surface area (Å²) in [6.07, 6.45) is 0. The van der Waals surface area contributed by atoms with Crippen LogP contribution in [0.25, 0.3) is 0 Å². The molecule has 0 saturated carbocycles. The first kappa shape index (κ1) is 10.9. The zero-order valence-electron chi connectivity index (χ0n) is 7.57. The summed E-state index contributed by atoms with van der Waals surface area (Å²) in [6, 6.07) is 7.98. The van der Waals surface area contributed by atoms with Crippen LogP contribution in [-0.2, 0) is 4.74 Å².